The summed E-state index contributed by atoms with van der Waals surface area (Å²) >= 11 is 0. The lowest BCUT2D eigenvalue weighted by atomic mass is 9.73. The van der Waals surface area contributed by atoms with Crippen LogP contribution in [0.5, 0.6) is 0 Å². The third kappa shape index (κ3) is 5.32. The highest BCUT2D eigenvalue weighted by atomic mass is 19.4. The summed E-state index contributed by atoms with van der Waals surface area (Å²) in [7, 11) is 0. The highest BCUT2D eigenvalue weighted by molar-refractivity contribution is 5.65. The SMILES string of the molecule is O=C(O)N1CCC(COCc2cc([N+](=O)[O-])cc(C(F)(F)F)c2)(c2ccccc2)CC1. The minimum Gasteiger partial charge on any atom is -0.465 e. The molecular weight excluding hydrogens is 417 g/mol. The molecule has 1 heterocycles. The Labute approximate surface area is 176 Å². The molecule has 0 aliphatic carbocycles. The second kappa shape index (κ2) is 8.93. The monoisotopic (exact) mass is 438 g/mol. The number of piperidine rings is 1. The van der Waals surface area contributed by atoms with Crippen molar-refractivity contribution in [1.29, 1.82) is 0 Å². The molecule has 0 aromatic heterocycles. The molecule has 0 atom stereocenters. The molecule has 1 aliphatic heterocycles. The van der Waals surface area contributed by atoms with Gasteiger partial charge in [-0.2, -0.15) is 13.2 Å². The minimum absolute atomic E-state index is 0.0488. The number of nitro benzene ring substituents is 1. The number of carboxylic acid groups (broad SMARTS) is 1. The molecule has 10 heteroatoms. The van der Waals surface area contributed by atoms with Crippen molar-refractivity contribution >= 4 is 11.8 Å². The number of amides is 1. The Hall–Kier alpha value is -3.14. The Balaban J connectivity index is 1.78. The fraction of sp³-hybridized carbons (Fsp3) is 0.381. The summed E-state index contributed by atoms with van der Waals surface area (Å²) < 4.78 is 45.0. The van der Waals surface area contributed by atoms with E-state index in [1.807, 2.05) is 30.3 Å². The summed E-state index contributed by atoms with van der Waals surface area (Å²) in [6, 6.07) is 11.8. The van der Waals surface area contributed by atoms with Crippen molar-refractivity contribution in [2.24, 2.45) is 0 Å². The molecule has 3 rings (SSSR count). The summed E-state index contributed by atoms with van der Waals surface area (Å²) in [5.41, 5.74) is -1.25. The molecule has 1 saturated heterocycles. The van der Waals surface area contributed by atoms with Gasteiger partial charge >= 0.3 is 12.3 Å². The predicted molar refractivity (Wildman–Crippen MR) is 105 cm³/mol. The number of ether oxygens (including phenoxy) is 1. The molecule has 7 nitrogen and oxygen atoms in total. The van der Waals surface area contributed by atoms with Crippen molar-refractivity contribution in [3.63, 3.8) is 0 Å². The van der Waals surface area contributed by atoms with E-state index < -0.39 is 33.9 Å². The van der Waals surface area contributed by atoms with E-state index in [-0.39, 0.29) is 18.8 Å². The van der Waals surface area contributed by atoms with Crippen molar-refractivity contribution in [3.05, 3.63) is 75.3 Å². The van der Waals surface area contributed by atoms with E-state index in [1.165, 1.54) is 4.90 Å². The van der Waals surface area contributed by atoms with Crippen LogP contribution in [0.2, 0.25) is 0 Å². The number of halogens is 3. The van der Waals surface area contributed by atoms with E-state index in [9.17, 15) is 33.2 Å². The topological polar surface area (TPSA) is 92.9 Å². The number of hydrogen-bond donors (Lipinski definition) is 1. The van der Waals surface area contributed by atoms with Gasteiger partial charge < -0.3 is 14.7 Å². The second-order valence-corrected chi connectivity index (χ2v) is 7.55. The van der Waals surface area contributed by atoms with Crippen LogP contribution < -0.4 is 0 Å². The summed E-state index contributed by atoms with van der Waals surface area (Å²) in [6.07, 6.45) is -4.73. The van der Waals surface area contributed by atoms with E-state index in [1.54, 1.807) is 0 Å². The first-order chi connectivity index (χ1) is 14.6. The third-order valence-electron chi connectivity index (χ3n) is 5.54. The Kier molecular flexibility index (Phi) is 6.49. The Bertz CT molecular complexity index is 942. The molecule has 166 valence electrons. The summed E-state index contributed by atoms with van der Waals surface area (Å²) in [5, 5.41) is 20.2. The van der Waals surface area contributed by atoms with Crippen LogP contribution in [0.1, 0.15) is 29.5 Å². The lowest BCUT2D eigenvalue weighted by Crippen LogP contribution is -2.46. The van der Waals surface area contributed by atoms with Gasteiger partial charge in [0.25, 0.3) is 5.69 Å². The maximum atomic E-state index is 13.1. The van der Waals surface area contributed by atoms with E-state index in [2.05, 4.69) is 0 Å². The number of benzene rings is 2. The number of likely N-dealkylation sites (tertiary alicyclic amines) is 1. The van der Waals surface area contributed by atoms with Gasteiger partial charge in [-0.15, -0.1) is 0 Å². The van der Waals surface area contributed by atoms with Crippen LogP contribution in [0, 0.1) is 10.1 Å². The van der Waals surface area contributed by atoms with Gasteiger partial charge in [0.2, 0.25) is 0 Å². The molecule has 0 unspecified atom stereocenters. The molecule has 1 N–H and O–H groups in total. The van der Waals surface area contributed by atoms with Gasteiger partial charge in [-0.1, -0.05) is 30.3 Å². The van der Waals surface area contributed by atoms with Gasteiger partial charge in [0, 0.05) is 30.6 Å². The molecule has 1 amide bonds. The fourth-order valence-electron chi connectivity index (χ4n) is 3.82. The van der Waals surface area contributed by atoms with Crippen LogP contribution in [0.3, 0.4) is 0 Å². The number of hydrogen-bond acceptors (Lipinski definition) is 4. The number of rotatable bonds is 6. The van der Waals surface area contributed by atoms with E-state index >= 15 is 0 Å². The maximum Gasteiger partial charge on any atom is 0.416 e. The number of carbonyl (C=O) groups is 1. The van der Waals surface area contributed by atoms with E-state index in [0.29, 0.717) is 32.0 Å². The zero-order chi connectivity index (χ0) is 22.6. The maximum absolute atomic E-state index is 13.1. The summed E-state index contributed by atoms with van der Waals surface area (Å²) in [6.45, 7) is 0.530. The number of nitro groups is 1. The van der Waals surface area contributed by atoms with E-state index in [4.69, 9.17) is 4.74 Å². The number of nitrogens with zero attached hydrogens (tertiary/aromatic N) is 2. The van der Waals surface area contributed by atoms with Crippen molar-refractivity contribution in [1.82, 2.24) is 4.90 Å². The van der Waals surface area contributed by atoms with Gasteiger partial charge in [0.15, 0.2) is 0 Å². The Morgan fingerprint density at radius 3 is 2.35 bits per heavy atom. The number of alkyl halides is 3. The van der Waals surface area contributed by atoms with Crippen LogP contribution in [0.25, 0.3) is 0 Å². The molecular formula is C21H21F3N2O5. The zero-order valence-corrected chi connectivity index (χ0v) is 16.5. The average molecular weight is 438 g/mol. The zero-order valence-electron chi connectivity index (χ0n) is 16.5. The molecule has 0 spiro atoms. The van der Waals surface area contributed by atoms with Crippen molar-refractivity contribution in [2.45, 2.75) is 31.0 Å². The highest BCUT2D eigenvalue weighted by Gasteiger charge is 2.38. The normalized spacial score (nSPS) is 16.2. The molecule has 2 aromatic rings. The largest absolute Gasteiger partial charge is 0.465 e. The standard InChI is InChI=1S/C21H21F3N2O5/c22-21(23,24)17-10-15(11-18(12-17)26(29)30)13-31-14-20(16-4-2-1-3-5-16)6-8-25(9-7-20)19(27)28/h1-5,10-12H,6-9,13-14H2,(H,27,28). The third-order valence-corrected chi connectivity index (χ3v) is 5.54. The predicted octanol–water partition coefficient (Wildman–Crippen LogP) is 4.84. The summed E-state index contributed by atoms with van der Waals surface area (Å²) in [4.78, 5) is 22.7. The average Bonchev–Trinajstić information content (AvgIpc) is 2.74. The second-order valence-electron chi connectivity index (χ2n) is 7.55. The first-order valence-electron chi connectivity index (χ1n) is 9.57. The fourth-order valence-corrected chi connectivity index (χ4v) is 3.82. The molecule has 2 aromatic carbocycles. The Morgan fingerprint density at radius 1 is 1.16 bits per heavy atom. The Morgan fingerprint density at radius 2 is 1.81 bits per heavy atom. The van der Waals surface area contributed by atoms with Crippen LogP contribution in [-0.4, -0.2) is 40.7 Å². The van der Waals surface area contributed by atoms with Crippen molar-refractivity contribution in [2.75, 3.05) is 19.7 Å². The van der Waals surface area contributed by atoms with Gasteiger partial charge in [0.05, 0.1) is 23.7 Å². The molecule has 0 radical (unpaired) electrons. The van der Waals surface area contributed by atoms with Gasteiger partial charge in [-0.3, -0.25) is 10.1 Å². The van der Waals surface area contributed by atoms with Crippen molar-refractivity contribution in [3.8, 4) is 0 Å². The van der Waals surface area contributed by atoms with Crippen LogP contribution >= 0.6 is 0 Å². The van der Waals surface area contributed by atoms with E-state index in [0.717, 1.165) is 17.7 Å². The van der Waals surface area contributed by atoms with Gasteiger partial charge in [0.1, 0.15) is 0 Å². The molecule has 1 aliphatic rings. The van der Waals surface area contributed by atoms with Gasteiger partial charge in [-0.05, 0) is 30.0 Å². The number of non-ortho nitro benzene ring substituents is 1. The van der Waals surface area contributed by atoms with Crippen molar-refractivity contribution < 1.29 is 32.7 Å². The molecule has 0 saturated carbocycles. The molecule has 0 bridgehead atoms. The lowest BCUT2D eigenvalue weighted by molar-refractivity contribution is -0.385. The smallest absolute Gasteiger partial charge is 0.416 e. The lowest BCUT2D eigenvalue weighted by Gasteiger charge is -2.41. The quantitative estimate of drug-likeness (QED) is 0.515. The van der Waals surface area contributed by atoms with Crippen LogP contribution in [0.15, 0.2) is 48.5 Å². The molecule has 31 heavy (non-hydrogen) atoms. The minimum atomic E-state index is -4.71. The van der Waals surface area contributed by atoms with Crippen LogP contribution in [0.4, 0.5) is 23.7 Å². The molecule has 1 fully saturated rings. The van der Waals surface area contributed by atoms with Crippen LogP contribution in [-0.2, 0) is 22.9 Å². The highest BCUT2D eigenvalue weighted by Crippen LogP contribution is 2.37. The van der Waals surface area contributed by atoms with Gasteiger partial charge in [-0.25, -0.2) is 4.79 Å². The summed E-state index contributed by atoms with van der Waals surface area (Å²) in [5.74, 6) is 0. The first-order valence-corrected chi connectivity index (χ1v) is 9.57. The first kappa shape index (κ1) is 22.5.